The number of rotatable bonds is 6. The van der Waals surface area contributed by atoms with E-state index in [0.717, 1.165) is 18.5 Å². The number of aryl methyl sites for hydroxylation is 2. The van der Waals surface area contributed by atoms with E-state index in [-0.39, 0.29) is 5.82 Å². The van der Waals surface area contributed by atoms with Gasteiger partial charge in [0, 0.05) is 12.2 Å². The van der Waals surface area contributed by atoms with Crippen molar-refractivity contribution in [1.82, 2.24) is 0 Å². The van der Waals surface area contributed by atoms with Crippen molar-refractivity contribution < 1.29 is 9.50 Å². The van der Waals surface area contributed by atoms with E-state index in [2.05, 4.69) is 37.4 Å². The van der Waals surface area contributed by atoms with E-state index in [0.29, 0.717) is 12.1 Å². The van der Waals surface area contributed by atoms with E-state index in [1.165, 1.54) is 23.3 Å². The van der Waals surface area contributed by atoms with Crippen molar-refractivity contribution in [1.29, 1.82) is 0 Å². The molecular weight excluding hydrogens is 265 g/mol. The Morgan fingerprint density at radius 2 is 1.67 bits per heavy atom. The van der Waals surface area contributed by atoms with Gasteiger partial charge in [-0.05, 0) is 41.7 Å². The Balaban J connectivity index is 2.12. The van der Waals surface area contributed by atoms with Gasteiger partial charge in [0.15, 0.2) is 0 Å². The molecule has 1 unspecified atom stereocenters. The molecule has 0 saturated carbocycles. The standard InChI is InChI=1S/C18H22FNO/c1-3-13-7-5-8-14(4-2)18(13)20-12-17(21)15-9-6-10-16(19)11-15/h5-11,17,20-21H,3-4,12H2,1-2H3. The lowest BCUT2D eigenvalue weighted by Gasteiger charge is -2.18. The molecule has 0 aromatic heterocycles. The van der Waals surface area contributed by atoms with Gasteiger partial charge in [-0.3, -0.25) is 0 Å². The third kappa shape index (κ3) is 3.82. The van der Waals surface area contributed by atoms with E-state index in [4.69, 9.17) is 0 Å². The Bertz CT molecular complexity index is 575. The average molecular weight is 287 g/mol. The van der Waals surface area contributed by atoms with Crippen LogP contribution in [0.1, 0.15) is 36.6 Å². The van der Waals surface area contributed by atoms with Gasteiger partial charge in [0.05, 0.1) is 6.10 Å². The molecule has 0 saturated heterocycles. The van der Waals surface area contributed by atoms with Gasteiger partial charge in [-0.15, -0.1) is 0 Å². The fraction of sp³-hybridized carbons (Fsp3) is 0.333. The van der Waals surface area contributed by atoms with E-state index in [9.17, 15) is 9.50 Å². The Morgan fingerprint density at radius 1 is 1.05 bits per heavy atom. The third-order valence-corrected chi connectivity index (χ3v) is 3.70. The third-order valence-electron chi connectivity index (χ3n) is 3.70. The first-order valence-electron chi connectivity index (χ1n) is 7.43. The van der Waals surface area contributed by atoms with E-state index < -0.39 is 6.10 Å². The maximum absolute atomic E-state index is 13.2. The van der Waals surface area contributed by atoms with Gasteiger partial charge in [0.2, 0.25) is 0 Å². The first-order chi connectivity index (χ1) is 10.2. The van der Waals surface area contributed by atoms with Crippen LogP contribution in [0, 0.1) is 5.82 Å². The molecule has 0 bridgehead atoms. The summed E-state index contributed by atoms with van der Waals surface area (Å²) in [6.45, 7) is 4.60. The topological polar surface area (TPSA) is 32.3 Å². The highest BCUT2D eigenvalue weighted by Gasteiger charge is 2.11. The molecule has 0 amide bonds. The molecule has 2 rings (SSSR count). The molecule has 0 aliphatic rings. The molecule has 2 nitrogen and oxygen atoms in total. The Hall–Kier alpha value is -1.87. The fourth-order valence-electron chi connectivity index (χ4n) is 2.50. The van der Waals surface area contributed by atoms with Gasteiger partial charge in [-0.2, -0.15) is 0 Å². The van der Waals surface area contributed by atoms with Gasteiger partial charge in [-0.1, -0.05) is 44.2 Å². The van der Waals surface area contributed by atoms with Crippen LogP contribution >= 0.6 is 0 Å². The van der Waals surface area contributed by atoms with Crippen molar-refractivity contribution in [2.45, 2.75) is 32.8 Å². The minimum absolute atomic E-state index is 0.324. The number of hydrogen-bond donors (Lipinski definition) is 2. The van der Waals surface area contributed by atoms with Crippen LogP contribution in [0.15, 0.2) is 42.5 Å². The molecule has 0 radical (unpaired) electrons. The normalized spacial score (nSPS) is 12.2. The summed E-state index contributed by atoms with van der Waals surface area (Å²) in [5.74, 6) is -0.324. The first kappa shape index (κ1) is 15.5. The van der Waals surface area contributed by atoms with E-state index in [1.807, 2.05) is 0 Å². The summed E-state index contributed by atoms with van der Waals surface area (Å²) in [6, 6.07) is 12.4. The van der Waals surface area contributed by atoms with Gasteiger partial charge < -0.3 is 10.4 Å². The number of anilines is 1. The predicted octanol–water partition coefficient (Wildman–Crippen LogP) is 4.10. The van der Waals surface area contributed by atoms with Crippen LogP contribution in [-0.4, -0.2) is 11.7 Å². The molecule has 0 aliphatic carbocycles. The molecule has 0 fully saturated rings. The minimum Gasteiger partial charge on any atom is -0.387 e. The molecular formula is C18H22FNO. The van der Waals surface area contributed by atoms with Crippen LogP contribution in [-0.2, 0) is 12.8 Å². The number of aliphatic hydroxyl groups is 1. The lowest BCUT2D eigenvalue weighted by atomic mass is 10.0. The summed E-state index contributed by atoms with van der Waals surface area (Å²) < 4.78 is 13.2. The Morgan fingerprint density at radius 3 is 2.24 bits per heavy atom. The summed E-state index contributed by atoms with van der Waals surface area (Å²) >= 11 is 0. The highest BCUT2D eigenvalue weighted by Crippen LogP contribution is 2.24. The van der Waals surface area contributed by atoms with Crippen LogP contribution in [0.25, 0.3) is 0 Å². The van der Waals surface area contributed by atoms with Crippen molar-refractivity contribution >= 4 is 5.69 Å². The monoisotopic (exact) mass is 287 g/mol. The molecule has 2 aromatic rings. The van der Waals surface area contributed by atoms with Crippen molar-refractivity contribution in [2.24, 2.45) is 0 Å². The molecule has 0 spiro atoms. The van der Waals surface area contributed by atoms with Crippen molar-refractivity contribution in [3.63, 3.8) is 0 Å². The average Bonchev–Trinajstić information content (AvgIpc) is 2.52. The van der Waals surface area contributed by atoms with Crippen molar-refractivity contribution in [3.8, 4) is 0 Å². The maximum atomic E-state index is 13.2. The van der Waals surface area contributed by atoms with Gasteiger partial charge >= 0.3 is 0 Å². The van der Waals surface area contributed by atoms with Gasteiger partial charge in [-0.25, -0.2) is 4.39 Å². The summed E-state index contributed by atoms with van der Waals surface area (Å²) in [4.78, 5) is 0. The summed E-state index contributed by atoms with van der Waals surface area (Å²) in [5, 5.41) is 13.5. The van der Waals surface area contributed by atoms with E-state index >= 15 is 0 Å². The smallest absolute Gasteiger partial charge is 0.123 e. The van der Waals surface area contributed by atoms with Crippen LogP contribution in [0.3, 0.4) is 0 Å². The number of halogens is 1. The zero-order valence-corrected chi connectivity index (χ0v) is 12.6. The predicted molar refractivity (Wildman–Crippen MR) is 85.0 cm³/mol. The molecule has 1 atom stereocenters. The van der Waals surface area contributed by atoms with Crippen LogP contribution in [0.2, 0.25) is 0 Å². The Labute approximate surface area is 125 Å². The molecule has 0 heterocycles. The molecule has 0 aliphatic heterocycles. The van der Waals surface area contributed by atoms with Crippen LogP contribution in [0.4, 0.5) is 10.1 Å². The SMILES string of the molecule is CCc1cccc(CC)c1NCC(O)c1cccc(F)c1. The number of para-hydroxylation sites is 1. The largest absolute Gasteiger partial charge is 0.387 e. The molecule has 2 N–H and O–H groups in total. The van der Waals surface area contributed by atoms with Gasteiger partial charge in [0.25, 0.3) is 0 Å². The highest BCUT2D eigenvalue weighted by molar-refractivity contribution is 5.58. The zero-order chi connectivity index (χ0) is 15.2. The Kier molecular flexibility index (Phi) is 5.34. The highest BCUT2D eigenvalue weighted by atomic mass is 19.1. The number of hydrogen-bond acceptors (Lipinski definition) is 2. The van der Waals surface area contributed by atoms with Crippen LogP contribution in [0.5, 0.6) is 0 Å². The molecule has 3 heteroatoms. The fourth-order valence-corrected chi connectivity index (χ4v) is 2.50. The lowest BCUT2D eigenvalue weighted by Crippen LogP contribution is -2.14. The van der Waals surface area contributed by atoms with Crippen molar-refractivity contribution in [3.05, 3.63) is 65.0 Å². The molecule has 21 heavy (non-hydrogen) atoms. The summed E-state index contributed by atoms with van der Waals surface area (Å²) in [7, 11) is 0. The molecule has 2 aromatic carbocycles. The number of benzene rings is 2. The second-order valence-corrected chi connectivity index (χ2v) is 5.11. The zero-order valence-electron chi connectivity index (χ0n) is 12.6. The summed E-state index contributed by atoms with van der Waals surface area (Å²) in [6.07, 6.45) is 1.15. The second-order valence-electron chi connectivity index (χ2n) is 5.11. The summed E-state index contributed by atoms with van der Waals surface area (Å²) in [5.41, 5.74) is 4.16. The van der Waals surface area contributed by atoms with Gasteiger partial charge in [0.1, 0.15) is 5.82 Å². The lowest BCUT2D eigenvalue weighted by molar-refractivity contribution is 0.191. The maximum Gasteiger partial charge on any atom is 0.123 e. The second kappa shape index (κ2) is 7.23. The van der Waals surface area contributed by atoms with E-state index in [1.54, 1.807) is 12.1 Å². The molecule has 112 valence electrons. The minimum atomic E-state index is -0.727. The first-order valence-corrected chi connectivity index (χ1v) is 7.43. The van der Waals surface area contributed by atoms with Crippen LogP contribution < -0.4 is 5.32 Å². The number of aliphatic hydroxyl groups excluding tert-OH is 1. The quantitative estimate of drug-likeness (QED) is 0.838. The van der Waals surface area contributed by atoms with Crippen molar-refractivity contribution in [2.75, 3.05) is 11.9 Å². The number of nitrogens with one attached hydrogen (secondary N) is 1.